The second kappa shape index (κ2) is 7.70. The van der Waals surface area contributed by atoms with Crippen LogP contribution in [-0.4, -0.2) is 36.1 Å². The summed E-state index contributed by atoms with van der Waals surface area (Å²) in [5, 5.41) is 12.0. The highest BCUT2D eigenvalue weighted by Gasteiger charge is 2.38. The van der Waals surface area contributed by atoms with Gasteiger partial charge in [-0.05, 0) is 30.9 Å². The van der Waals surface area contributed by atoms with Crippen molar-refractivity contribution >= 4 is 17.5 Å². The van der Waals surface area contributed by atoms with Crippen molar-refractivity contribution in [1.82, 2.24) is 5.32 Å². The lowest BCUT2D eigenvalue weighted by atomic mass is 10.0. The number of rotatable bonds is 6. The fraction of sp³-hybridized carbons (Fsp3) is 0.529. The third-order valence-corrected chi connectivity index (χ3v) is 4.00. The number of anilines is 1. The van der Waals surface area contributed by atoms with Gasteiger partial charge in [-0.15, -0.1) is 0 Å². The first-order valence-electron chi connectivity index (χ1n) is 8.00. The molecule has 1 saturated heterocycles. The van der Waals surface area contributed by atoms with Crippen LogP contribution in [0.15, 0.2) is 18.2 Å². The highest BCUT2D eigenvalue weighted by atomic mass is 19.1. The molecule has 0 saturated carbocycles. The first-order chi connectivity index (χ1) is 11.3. The van der Waals surface area contributed by atoms with Crippen LogP contribution in [-0.2, 0) is 9.59 Å². The molecule has 0 aromatic heterocycles. The molecule has 1 aromatic carbocycles. The number of halogens is 2. The predicted molar refractivity (Wildman–Crippen MR) is 85.3 cm³/mol. The normalized spacial score (nSPS) is 19.0. The molecule has 0 bridgehead atoms. The Labute approximate surface area is 139 Å². The van der Waals surface area contributed by atoms with Gasteiger partial charge in [0, 0.05) is 18.3 Å². The van der Waals surface area contributed by atoms with Gasteiger partial charge in [0.25, 0.3) is 0 Å². The van der Waals surface area contributed by atoms with E-state index >= 15 is 0 Å². The Balaban J connectivity index is 2.06. The molecule has 24 heavy (non-hydrogen) atoms. The van der Waals surface area contributed by atoms with Crippen molar-refractivity contribution in [2.75, 3.05) is 18.1 Å². The van der Waals surface area contributed by atoms with E-state index in [1.54, 1.807) is 0 Å². The van der Waals surface area contributed by atoms with Gasteiger partial charge in [-0.3, -0.25) is 9.59 Å². The van der Waals surface area contributed by atoms with Gasteiger partial charge in [0.1, 0.15) is 17.6 Å². The van der Waals surface area contributed by atoms with Crippen LogP contribution in [0.25, 0.3) is 0 Å². The number of nitrogens with one attached hydrogen (secondary N) is 1. The molecule has 1 fully saturated rings. The molecule has 5 nitrogen and oxygen atoms in total. The molecule has 1 heterocycles. The number of nitrogens with zero attached hydrogens (tertiary/aromatic N) is 1. The summed E-state index contributed by atoms with van der Waals surface area (Å²) in [5.74, 6) is -3.12. The lowest BCUT2D eigenvalue weighted by molar-refractivity contribution is -0.132. The average Bonchev–Trinajstić information content (AvgIpc) is 2.86. The molecule has 2 unspecified atom stereocenters. The van der Waals surface area contributed by atoms with Crippen LogP contribution in [0.5, 0.6) is 0 Å². The van der Waals surface area contributed by atoms with E-state index in [1.807, 2.05) is 13.8 Å². The molecule has 1 aromatic rings. The number of amides is 2. The van der Waals surface area contributed by atoms with E-state index in [-0.39, 0.29) is 31.2 Å². The zero-order valence-electron chi connectivity index (χ0n) is 13.8. The Morgan fingerprint density at radius 2 is 1.96 bits per heavy atom. The smallest absolute Gasteiger partial charge is 0.239 e. The minimum absolute atomic E-state index is 0.105. The maximum Gasteiger partial charge on any atom is 0.239 e. The van der Waals surface area contributed by atoms with Crippen molar-refractivity contribution < 1.29 is 23.5 Å². The topological polar surface area (TPSA) is 69.6 Å². The maximum absolute atomic E-state index is 13.3. The second-order valence-electron chi connectivity index (χ2n) is 6.48. The highest BCUT2D eigenvalue weighted by molar-refractivity contribution is 6.09. The number of benzene rings is 1. The summed E-state index contributed by atoms with van der Waals surface area (Å²) >= 11 is 0. The molecule has 2 N–H and O–H groups in total. The summed E-state index contributed by atoms with van der Waals surface area (Å²) in [6.07, 6.45) is 0.866. The third kappa shape index (κ3) is 4.29. The summed E-state index contributed by atoms with van der Waals surface area (Å²) in [7, 11) is 0. The van der Waals surface area contributed by atoms with Crippen LogP contribution in [0, 0.1) is 23.5 Å². The molecule has 0 spiro atoms. The maximum atomic E-state index is 13.3. The first-order valence-corrected chi connectivity index (χ1v) is 8.00. The van der Waals surface area contributed by atoms with Crippen molar-refractivity contribution in [3.05, 3.63) is 29.8 Å². The van der Waals surface area contributed by atoms with Gasteiger partial charge in [0.05, 0.1) is 12.6 Å². The Bertz CT molecular complexity index is 602. The summed E-state index contributed by atoms with van der Waals surface area (Å²) in [6, 6.07) is 2.45. The summed E-state index contributed by atoms with van der Waals surface area (Å²) in [4.78, 5) is 25.9. The van der Waals surface area contributed by atoms with Crippen molar-refractivity contribution in [1.29, 1.82) is 0 Å². The molecule has 2 rings (SSSR count). The van der Waals surface area contributed by atoms with Crippen molar-refractivity contribution in [3.63, 3.8) is 0 Å². The number of hydrogen-bond acceptors (Lipinski definition) is 3. The fourth-order valence-corrected chi connectivity index (χ4v) is 2.92. The lowest BCUT2D eigenvalue weighted by Crippen LogP contribution is -2.44. The summed E-state index contributed by atoms with van der Waals surface area (Å²) < 4.78 is 26.6. The summed E-state index contributed by atoms with van der Waals surface area (Å²) in [6.45, 7) is 3.95. The van der Waals surface area contributed by atoms with Crippen molar-refractivity contribution in [2.45, 2.75) is 32.7 Å². The zero-order chi connectivity index (χ0) is 17.9. The molecule has 1 aliphatic heterocycles. The van der Waals surface area contributed by atoms with Gasteiger partial charge in [-0.2, -0.15) is 0 Å². The Morgan fingerprint density at radius 1 is 1.33 bits per heavy atom. The van der Waals surface area contributed by atoms with E-state index in [9.17, 15) is 23.5 Å². The monoisotopic (exact) mass is 340 g/mol. The Kier molecular flexibility index (Phi) is 5.88. The molecule has 0 aliphatic carbocycles. The quantitative estimate of drug-likeness (QED) is 0.777. The van der Waals surface area contributed by atoms with Gasteiger partial charge in [-0.1, -0.05) is 13.8 Å². The number of aliphatic hydroxyl groups is 1. The third-order valence-electron chi connectivity index (χ3n) is 4.00. The molecule has 7 heteroatoms. The number of aliphatic hydroxyl groups excluding tert-OH is 1. The number of hydrogen-bond donors (Lipinski definition) is 2. The fourth-order valence-electron chi connectivity index (χ4n) is 2.92. The molecular weight excluding hydrogens is 318 g/mol. The molecule has 132 valence electrons. The predicted octanol–water partition coefficient (Wildman–Crippen LogP) is 1.84. The van der Waals surface area contributed by atoms with Gasteiger partial charge >= 0.3 is 0 Å². The molecule has 0 radical (unpaired) electrons. The SMILES string of the molecule is CC(C)CC(CO)NC(=O)C1CCN(c2cc(F)cc(F)c2)C1=O. The van der Waals surface area contributed by atoms with E-state index in [4.69, 9.17) is 0 Å². The van der Waals surface area contributed by atoms with Crippen LogP contribution >= 0.6 is 0 Å². The van der Waals surface area contributed by atoms with E-state index < -0.39 is 35.4 Å². The van der Waals surface area contributed by atoms with Gasteiger partial charge in [0.15, 0.2) is 0 Å². The first kappa shape index (κ1) is 18.3. The largest absolute Gasteiger partial charge is 0.394 e. The Morgan fingerprint density at radius 3 is 2.50 bits per heavy atom. The van der Waals surface area contributed by atoms with Crippen LogP contribution in [0.3, 0.4) is 0 Å². The molecule has 2 amide bonds. The van der Waals surface area contributed by atoms with Crippen molar-refractivity contribution in [2.24, 2.45) is 11.8 Å². The van der Waals surface area contributed by atoms with E-state index in [0.29, 0.717) is 6.42 Å². The molecule has 1 aliphatic rings. The van der Waals surface area contributed by atoms with Crippen LogP contribution in [0.1, 0.15) is 26.7 Å². The molecular formula is C17H22F2N2O3. The minimum Gasteiger partial charge on any atom is -0.394 e. The second-order valence-corrected chi connectivity index (χ2v) is 6.48. The zero-order valence-corrected chi connectivity index (χ0v) is 13.8. The van der Waals surface area contributed by atoms with Crippen LogP contribution < -0.4 is 10.2 Å². The van der Waals surface area contributed by atoms with Gasteiger partial charge in [0.2, 0.25) is 11.8 Å². The minimum atomic E-state index is -0.905. The van der Waals surface area contributed by atoms with Gasteiger partial charge < -0.3 is 15.3 Å². The van der Waals surface area contributed by atoms with Crippen molar-refractivity contribution in [3.8, 4) is 0 Å². The van der Waals surface area contributed by atoms with E-state index in [1.165, 1.54) is 4.90 Å². The molecule has 2 atom stereocenters. The standard InChI is InChI=1S/C17H22F2N2O3/c1-10(2)5-13(9-22)20-16(23)15-3-4-21(17(15)24)14-7-11(18)6-12(19)8-14/h6-8,10,13,15,22H,3-5,9H2,1-2H3,(H,20,23). The van der Waals surface area contributed by atoms with Gasteiger partial charge in [-0.25, -0.2) is 8.78 Å². The van der Waals surface area contributed by atoms with Crippen LogP contribution in [0.4, 0.5) is 14.5 Å². The Hall–Kier alpha value is -2.02. The highest BCUT2D eigenvalue weighted by Crippen LogP contribution is 2.27. The van der Waals surface area contributed by atoms with Crippen LogP contribution in [0.2, 0.25) is 0 Å². The lowest BCUT2D eigenvalue weighted by Gasteiger charge is -2.21. The average molecular weight is 340 g/mol. The summed E-state index contributed by atoms with van der Waals surface area (Å²) in [5.41, 5.74) is 0.105. The van der Waals surface area contributed by atoms with E-state index in [0.717, 1.165) is 18.2 Å². The number of carbonyl (C=O) groups excluding carboxylic acids is 2. The number of carbonyl (C=O) groups is 2. The van der Waals surface area contributed by atoms with E-state index in [2.05, 4.69) is 5.32 Å².